The number of carbonyl (C=O) groups excluding carboxylic acids is 1. The van der Waals surface area contributed by atoms with Gasteiger partial charge in [-0.3, -0.25) is 10.1 Å². The van der Waals surface area contributed by atoms with Crippen molar-refractivity contribution in [1.29, 1.82) is 0 Å². The average molecular weight is 335 g/mol. The summed E-state index contributed by atoms with van der Waals surface area (Å²) in [4.78, 5) is 12.1. The molecule has 4 N–H and O–H groups in total. The Morgan fingerprint density at radius 3 is 2.92 bits per heavy atom. The maximum absolute atomic E-state index is 12.1. The van der Waals surface area contributed by atoms with Gasteiger partial charge in [-0.25, -0.2) is 0 Å². The number of benzene rings is 2. The van der Waals surface area contributed by atoms with Gasteiger partial charge in [0, 0.05) is 18.2 Å². The van der Waals surface area contributed by atoms with Crippen molar-refractivity contribution >= 4 is 11.6 Å². The number of amides is 1. The van der Waals surface area contributed by atoms with E-state index in [4.69, 9.17) is 5.73 Å². The average Bonchev–Trinajstić information content (AvgIpc) is 2.84. The number of rotatable bonds is 5. The lowest BCUT2D eigenvalue weighted by atomic mass is 9.82. The Morgan fingerprint density at radius 1 is 1.24 bits per heavy atom. The van der Waals surface area contributed by atoms with E-state index in [2.05, 4.69) is 54.0 Å². The largest absolute Gasteiger partial charge is 0.330 e. The van der Waals surface area contributed by atoms with Crippen LogP contribution in [-0.4, -0.2) is 12.5 Å². The fraction of sp³-hybridized carbons (Fsp3) is 0.381. The van der Waals surface area contributed by atoms with Gasteiger partial charge in [0.1, 0.15) is 0 Å². The molecule has 0 spiro atoms. The van der Waals surface area contributed by atoms with Gasteiger partial charge in [-0.1, -0.05) is 30.3 Å². The number of hydrogen-bond donors (Lipinski definition) is 3. The molecule has 2 atom stereocenters. The van der Waals surface area contributed by atoms with Gasteiger partial charge in [0.05, 0.1) is 5.54 Å². The van der Waals surface area contributed by atoms with Crippen LogP contribution < -0.4 is 16.4 Å². The predicted molar refractivity (Wildman–Crippen MR) is 100 cm³/mol. The number of carbonyl (C=O) groups is 1. The summed E-state index contributed by atoms with van der Waals surface area (Å²) in [5.41, 5.74) is 11.6. The molecule has 2 aromatic rings. The van der Waals surface area contributed by atoms with Crippen LogP contribution >= 0.6 is 0 Å². The Hall–Kier alpha value is -2.17. The minimum atomic E-state index is -0.140. The summed E-state index contributed by atoms with van der Waals surface area (Å²) in [6.45, 7) is 2.90. The monoisotopic (exact) mass is 335 g/mol. The van der Waals surface area contributed by atoms with Crippen molar-refractivity contribution in [2.24, 2.45) is 5.73 Å². The van der Waals surface area contributed by atoms with Gasteiger partial charge in [0.25, 0.3) is 0 Å². The van der Waals surface area contributed by atoms with Crippen LogP contribution in [0.2, 0.25) is 0 Å². The molecule has 2 aliphatic rings. The Labute approximate surface area is 148 Å². The molecule has 2 unspecified atom stereocenters. The quantitative estimate of drug-likeness (QED) is 0.735. The first-order chi connectivity index (χ1) is 12.1. The number of nitrogens with two attached hydrogens (primary N) is 1. The summed E-state index contributed by atoms with van der Waals surface area (Å²) in [5, 5.41) is 6.82. The molecule has 0 fully saturated rings. The standard InChI is InChI=1S/C21H25N3O/c1-21-17-10-9-15(23-20(25)8-4-5-11-22)12-14(17)13-19(24-21)16-6-2-3-7-18(16)21/h2-3,6-7,9-10,12,19,24H,4-5,8,11,13,22H2,1H3,(H,23,25). The van der Waals surface area contributed by atoms with Gasteiger partial charge in [-0.2, -0.15) is 0 Å². The SMILES string of the molecule is CC12NC(Cc3cc(NC(=O)CCCCN)ccc31)c1ccccc12. The van der Waals surface area contributed by atoms with Crippen LogP contribution in [0.25, 0.3) is 0 Å². The maximum Gasteiger partial charge on any atom is 0.224 e. The van der Waals surface area contributed by atoms with Crippen LogP contribution in [0.5, 0.6) is 0 Å². The first kappa shape index (κ1) is 16.3. The highest BCUT2D eigenvalue weighted by molar-refractivity contribution is 5.90. The Bertz CT molecular complexity index is 817. The van der Waals surface area contributed by atoms with E-state index in [9.17, 15) is 4.79 Å². The number of anilines is 1. The molecule has 0 aliphatic carbocycles. The zero-order valence-electron chi connectivity index (χ0n) is 14.6. The molecule has 2 bridgehead atoms. The van der Waals surface area contributed by atoms with Crippen LogP contribution in [0.15, 0.2) is 42.5 Å². The molecule has 4 nitrogen and oxygen atoms in total. The second-order valence-electron chi connectivity index (χ2n) is 7.28. The van der Waals surface area contributed by atoms with Crippen LogP contribution in [0, 0.1) is 0 Å². The van der Waals surface area contributed by atoms with Crippen molar-refractivity contribution in [2.75, 3.05) is 11.9 Å². The number of hydrogen-bond acceptors (Lipinski definition) is 3. The Morgan fingerprint density at radius 2 is 2.08 bits per heavy atom. The van der Waals surface area contributed by atoms with Crippen molar-refractivity contribution in [2.45, 2.75) is 44.2 Å². The summed E-state index contributed by atoms with van der Waals surface area (Å²) in [6, 6.07) is 15.4. The minimum Gasteiger partial charge on any atom is -0.330 e. The van der Waals surface area contributed by atoms with Crippen molar-refractivity contribution in [1.82, 2.24) is 5.32 Å². The van der Waals surface area contributed by atoms with E-state index in [1.165, 1.54) is 22.3 Å². The van der Waals surface area contributed by atoms with E-state index in [0.717, 1.165) is 24.9 Å². The summed E-state index contributed by atoms with van der Waals surface area (Å²) in [7, 11) is 0. The van der Waals surface area contributed by atoms with Crippen molar-refractivity contribution < 1.29 is 4.79 Å². The summed E-state index contributed by atoms with van der Waals surface area (Å²) < 4.78 is 0. The summed E-state index contributed by atoms with van der Waals surface area (Å²) >= 11 is 0. The van der Waals surface area contributed by atoms with Gasteiger partial charge in [0.15, 0.2) is 0 Å². The van der Waals surface area contributed by atoms with Crippen LogP contribution in [0.4, 0.5) is 5.69 Å². The van der Waals surface area contributed by atoms with Gasteiger partial charge >= 0.3 is 0 Å². The second-order valence-corrected chi connectivity index (χ2v) is 7.28. The van der Waals surface area contributed by atoms with Crippen molar-refractivity contribution in [3.8, 4) is 0 Å². The maximum atomic E-state index is 12.1. The zero-order valence-corrected chi connectivity index (χ0v) is 14.6. The molecule has 130 valence electrons. The number of unbranched alkanes of at least 4 members (excludes halogenated alkanes) is 1. The molecular formula is C21H25N3O. The molecule has 4 heteroatoms. The normalized spacial score (nSPS) is 23.0. The molecule has 0 radical (unpaired) electrons. The lowest BCUT2D eigenvalue weighted by molar-refractivity contribution is -0.116. The van der Waals surface area contributed by atoms with E-state index in [0.29, 0.717) is 19.0 Å². The zero-order chi connectivity index (χ0) is 17.4. The third kappa shape index (κ3) is 2.75. The molecule has 0 saturated carbocycles. The van der Waals surface area contributed by atoms with E-state index in [1.54, 1.807) is 0 Å². The highest BCUT2D eigenvalue weighted by Crippen LogP contribution is 2.48. The van der Waals surface area contributed by atoms with Crippen molar-refractivity contribution in [3.05, 3.63) is 64.7 Å². The first-order valence-corrected chi connectivity index (χ1v) is 9.12. The molecule has 0 aromatic heterocycles. The number of nitrogens with one attached hydrogen (secondary N) is 2. The smallest absolute Gasteiger partial charge is 0.224 e. The third-order valence-electron chi connectivity index (χ3n) is 5.55. The fourth-order valence-corrected chi connectivity index (χ4v) is 4.35. The van der Waals surface area contributed by atoms with Crippen LogP contribution in [-0.2, 0) is 16.8 Å². The molecule has 25 heavy (non-hydrogen) atoms. The highest BCUT2D eigenvalue weighted by atomic mass is 16.1. The molecule has 2 aliphatic heterocycles. The fourth-order valence-electron chi connectivity index (χ4n) is 4.35. The third-order valence-corrected chi connectivity index (χ3v) is 5.55. The van der Waals surface area contributed by atoms with Crippen LogP contribution in [0.3, 0.4) is 0 Å². The Kier molecular flexibility index (Phi) is 4.10. The molecule has 2 heterocycles. The summed E-state index contributed by atoms with van der Waals surface area (Å²) in [5.74, 6) is 0.0693. The molecule has 1 amide bonds. The van der Waals surface area contributed by atoms with E-state index < -0.39 is 0 Å². The minimum absolute atomic E-state index is 0.0693. The Balaban J connectivity index is 1.58. The molecule has 0 saturated heterocycles. The van der Waals surface area contributed by atoms with Gasteiger partial charge in [-0.05, 0) is 67.1 Å². The summed E-state index contributed by atoms with van der Waals surface area (Å²) in [6.07, 6.45) is 3.22. The number of fused-ring (bicyclic) bond motifs is 7. The lowest BCUT2D eigenvalue weighted by Gasteiger charge is -2.35. The predicted octanol–water partition coefficient (Wildman–Crippen LogP) is 3.22. The van der Waals surface area contributed by atoms with Crippen molar-refractivity contribution in [3.63, 3.8) is 0 Å². The first-order valence-electron chi connectivity index (χ1n) is 9.12. The second kappa shape index (κ2) is 6.28. The van der Waals surface area contributed by atoms with Gasteiger partial charge < -0.3 is 11.1 Å². The van der Waals surface area contributed by atoms with E-state index >= 15 is 0 Å². The van der Waals surface area contributed by atoms with Gasteiger partial charge in [-0.15, -0.1) is 0 Å². The lowest BCUT2D eigenvalue weighted by Crippen LogP contribution is -2.41. The van der Waals surface area contributed by atoms with Crippen LogP contribution in [0.1, 0.15) is 54.5 Å². The van der Waals surface area contributed by atoms with Gasteiger partial charge in [0.2, 0.25) is 5.91 Å². The molecule has 4 rings (SSSR count). The highest BCUT2D eigenvalue weighted by Gasteiger charge is 2.45. The van der Waals surface area contributed by atoms with E-state index in [-0.39, 0.29) is 11.4 Å². The molecule has 2 aromatic carbocycles. The molecular weight excluding hydrogens is 310 g/mol. The van der Waals surface area contributed by atoms with E-state index in [1.807, 2.05) is 6.07 Å². The topological polar surface area (TPSA) is 67.1 Å².